The number of halogens is 4. The van der Waals surface area contributed by atoms with Crippen LogP contribution in [0.2, 0.25) is 15.1 Å². The second-order valence-corrected chi connectivity index (χ2v) is 11.9. The lowest BCUT2D eigenvalue weighted by molar-refractivity contribution is 0.0703. The molecule has 1 amide bonds. The van der Waals surface area contributed by atoms with Crippen molar-refractivity contribution in [3.05, 3.63) is 121 Å². The topological polar surface area (TPSA) is 57.6 Å². The summed E-state index contributed by atoms with van der Waals surface area (Å²) in [5, 5.41) is 10.6. The molecule has 3 aromatic carbocycles. The predicted octanol–water partition coefficient (Wildman–Crippen LogP) is 9.79. The van der Waals surface area contributed by atoms with E-state index in [1.165, 1.54) is 40.5 Å². The van der Waals surface area contributed by atoms with E-state index in [1.54, 1.807) is 18.2 Å². The van der Waals surface area contributed by atoms with E-state index in [0.29, 0.717) is 9.90 Å². The van der Waals surface area contributed by atoms with Gasteiger partial charge in [-0.05, 0) is 59.7 Å². The van der Waals surface area contributed by atoms with Gasteiger partial charge < -0.3 is 10.0 Å². The Kier molecular flexibility index (Phi) is 8.07. The van der Waals surface area contributed by atoms with Crippen molar-refractivity contribution < 1.29 is 19.1 Å². The SMILES string of the molecule is O=C(O)c1sc(-c2ccccc2)cc1N(Cc1ccc(-c2ccc(F)c(Cl)c2)s1)C(=O)c1ccc(Cl)cc1Cl. The summed E-state index contributed by atoms with van der Waals surface area (Å²) in [4.78, 5) is 30.0. The van der Waals surface area contributed by atoms with Crippen LogP contribution in [0.3, 0.4) is 0 Å². The van der Waals surface area contributed by atoms with Gasteiger partial charge in [0.2, 0.25) is 0 Å². The molecule has 0 fully saturated rings. The van der Waals surface area contributed by atoms with E-state index >= 15 is 0 Å². The van der Waals surface area contributed by atoms with Crippen LogP contribution in [0.4, 0.5) is 10.1 Å². The Morgan fingerprint density at radius 3 is 2.26 bits per heavy atom. The van der Waals surface area contributed by atoms with Gasteiger partial charge in [0, 0.05) is 19.7 Å². The van der Waals surface area contributed by atoms with Crippen molar-refractivity contribution in [2.24, 2.45) is 0 Å². The van der Waals surface area contributed by atoms with E-state index in [4.69, 9.17) is 34.8 Å². The maximum Gasteiger partial charge on any atom is 0.348 e. The molecule has 196 valence electrons. The van der Waals surface area contributed by atoms with Crippen LogP contribution in [0, 0.1) is 5.82 Å². The van der Waals surface area contributed by atoms with Gasteiger partial charge in [-0.15, -0.1) is 22.7 Å². The van der Waals surface area contributed by atoms with Crippen molar-refractivity contribution in [3.8, 4) is 20.9 Å². The van der Waals surface area contributed by atoms with Crippen molar-refractivity contribution in [2.75, 3.05) is 4.90 Å². The Morgan fingerprint density at radius 2 is 1.56 bits per heavy atom. The Labute approximate surface area is 246 Å². The molecular weight excluding hydrogens is 600 g/mol. The van der Waals surface area contributed by atoms with Crippen LogP contribution in [-0.2, 0) is 6.54 Å². The molecule has 0 aliphatic heterocycles. The summed E-state index contributed by atoms with van der Waals surface area (Å²) in [5.41, 5.74) is 2.00. The third-order valence-corrected chi connectivity index (χ3v) is 8.96. The molecule has 0 radical (unpaired) electrons. The largest absolute Gasteiger partial charge is 0.477 e. The van der Waals surface area contributed by atoms with Crippen molar-refractivity contribution in [3.63, 3.8) is 0 Å². The van der Waals surface area contributed by atoms with Gasteiger partial charge in [-0.25, -0.2) is 9.18 Å². The van der Waals surface area contributed by atoms with Crippen LogP contribution in [0.15, 0.2) is 84.9 Å². The molecule has 5 aromatic rings. The molecule has 0 aliphatic rings. The highest BCUT2D eigenvalue weighted by molar-refractivity contribution is 7.18. The lowest BCUT2D eigenvalue weighted by Gasteiger charge is -2.22. The molecule has 2 aromatic heterocycles. The van der Waals surface area contributed by atoms with Gasteiger partial charge in [-0.2, -0.15) is 0 Å². The lowest BCUT2D eigenvalue weighted by atomic mass is 10.1. The number of carboxylic acids is 1. The minimum atomic E-state index is -1.15. The van der Waals surface area contributed by atoms with Crippen LogP contribution in [0.1, 0.15) is 24.9 Å². The molecular formula is C29H17Cl3FNO3S2. The normalized spacial score (nSPS) is 11.0. The number of thiophene rings is 2. The third kappa shape index (κ3) is 5.88. The number of hydrogen-bond acceptors (Lipinski definition) is 4. The number of carbonyl (C=O) groups is 2. The fraction of sp³-hybridized carbons (Fsp3) is 0.0345. The Morgan fingerprint density at radius 1 is 0.795 bits per heavy atom. The number of carbonyl (C=O) groups excluding carboxylic acids is 1. The molecule has 5 rings (SSSR count). The zero-order valence-electron chi connectivity index (χ0n) is 19.8. The minimum Gasteiger partial charge on any atom is -0.477 e. The molecule has 0 saturated heterocycles. The first-order valence-electron chi connectivity index (χ1n) is 11.4. The molecule has 0 aliphatic carbocycles. The fourth-order valence-corrected chi connectivity index (χ4v) is 6.65. The Hall–Kier alpha value is -3.20. The van der Waals surface area contributed by atoms with Crippen molar-refractivity contribution in [1.29, 1.82) is 0 Å². The van der Waals surface area contributed by atoms with Crippen LogP contribution in [0.5, 0.6) is 0 Å². The molecule has 2 heterocycles. The standard InChI is InChI=1S/C29H17Cl3FNO3S2/c30-18-7-9-20(21(31)13-18)28(35)34(15-19-8-11-25(38-19)17-6-10-23(33)22(32)12-17)24-14-26(39-27(24)29(36)37)16-4-2-1-3-5-16/h1-14H,15H2,(H,36,37). The molecule has 0 saturated carbocycles. The summed E-state index contributed by atoms with van der Waals surface area (Å²) in [6.45, 7) is 0.0720. The summed E-state index contributed by atoms with van der Waals surface area (Å²) in [7, 11) is 0. The Bertz CT molecular complexity index is 1700. The van der Waals surface area contributed by atoms with Crippen LogP contribution in [0.25, 0.3) is 20.9 Å². The Balaban J connectivity index is 1.59. The second kappa shape index (κ2) is 11.5. The summed E-state index contributed by atoms with van der Waals surface area (Å²) in [6.07, 6.45) is 0. The first kappa shape index (κ1) is 27.4. The second-order valence-electron chi connectivity index (χ2n) is 8.41. The molecule has 39 heavy (non-hydrogen) atoms. The van der Waals surface area contributed by atoms with E-state index in [1.807, 2.05) is 42.5 Å². The number of benzene rings is 3. The highest BCUT2D eigenvalue weighted by atomic mass is 35.5. The predicted molar refractivity (Wildman–Crippen MR) is 158 cm³/mol. The van der Waals surface area contributed by atoms with E-state index in [9.17, 15) is 19.1 Å². The number of hydrogen-bond donors (Lipinski definition) is 1. The van der Waals surface area contributed by atoms with Gasteiger partial charge >= 0.3 is 5.97 Å². The highest BCUT2D eigenvalue weighted by Crippen LogP contribution is 2.40. The van der Waals surface area contributed by atoms with Gasteiger partial charge in [-0.3, -0.25) is 4.79 Å². The molecule has 1 N–H and O–H groups in total. The van der Waals surface area contributed by atoms with E-state index in [0.717, 1.165) is 32.2 Å². The van der Waals surface area contributed by atoms with Crippen molar-refractivity contribution in [2.45, 2.75) is 6.54 Å². The molecule has 4 nitrogen and oxygen atoms in total. The first-order chi connectivity index (χ1) is 18.7. The fourth-order valence-electron chi connectivity index (χ4n) is 3.98. The van der Waals surface area contributed by atoms with Gasteiger partial charge in [-0.1, -0.05) is 71.2 Å². The molecule has 10 heteroatoms. The van der Waals surface area contributed by atoms with Gasteiger partial charge in [0.1, 0.15) is 10.7 Å². The summed E-state index contributed by atoms with van der Waals surface area (Å²) in [6, 6.07) is 23.8. The number of rotatable bonds is 7. The molecule has 0 unspecified atom stereocenters. The van der Waals surface area contributed by atoms with Gasteiger partial charge in [0.15, 0.2) is 0 Å². The van der Waals surface area contributed by atoms with Gasteiger partial charge in [0.25, 0.3) is 5.91 Å². The number of amides is 1. The lowest BCUT2D eigenvalue weighted by Crippen LogP contribution is -2.31. The highest BCUT2D eigenvalue weighted by Gasteiger charge is 2.28. The summed E-state index contributed by atoms with van der Waals surface area (Å²) >= 11 is 20.9. The number of nitrogens with zero attached hydrogens (tertiary/aromatic N) is 1. The molecule has 0 spiro atoms. The monoisotopic (exact) mass is 615 g/mol. The van der Waals surface area contributed by atoms with Crippen LogP contribution < -0.4 is 4.90 Å². The molecule has 0 bridgehead atoms. The summed E-state index contributed by atoms with van der Waals surface area (Å²) < 4.78 is 13.7. The number of carboxylic acid groups (broad SMARTS) is 1. The van der Waals surface area contributed by atoms with E-state index < -0.39 is 17.7 Å². The average molecular weight is 617 g/mol. The third-order valence-electron chi connectivity index (χ3n) is 5.84. The quantitative estimate of drug-likeness (QED) is 0.198. The summed E-state index contributed by atoms with van der Waals surface area (Å²) in [5.74, 6) is -2.14. The number of anilines is 1. The van der Waals surface area contributed by atoms with Crippen molar-refractivity contribution >= 4 is 75.0 Å². The zero-order chi connectivity index (χ0) is 27.7. The maximum absolute atomic E-state index is 13.9. The van der Waals surface area contributed by atoms with Crippen LogP contribution >= 0.6 is 57.5 Å². The smallest absolute Gasteiger partial charge is 0.348 e. The van der Waals surface area contributed by atoms with Crippen LogP contribution in [-0.4, -0.2) is 17.0 Å². The maximum atomic E-state index is 13.9. The van der Waals surface area contributed by atoms with Crippen molar-refractivity contribution in [1.82, 2.24) is 0 Å². The average Bonchev–Trinajstić information content (AvgIpc) is 3.57. The van der Waals surface area contributed by atoms with Gasteiger partial charge in [0.05, 0.1) is 27.8 Å². The molecule has 0 atom stereocenters. The van der Waals surface area contributed by atoms with E-state index in [2.05, 4.69) is 0 Å². The first-order valence-corrected chi connectivity index (χ1v) is 14.2. The number of aromatic carboxylic acids is 1. The zero-order valence-corrected chi connectivity index (χ0v) is 23.7. The minimum absolute atomic E-state index is 0.00875. The van der Waals surface area contributed by atoms with E-state index in [-0.39, 0.29) is 32.7 Å².